The average molecular weight is 284 g/mol. The van der Waals surface area contributed by atoms with Crippen LogP contribution in [0.25, 0.3) is 0 Å². The molecule has 1 unspecified atom stereocenters. The first-order valence-electron chi connectivity index (χ1n) is 7.62. The number of hydrogen-bond donors (Lipinski definition) is 1. The van der Waals surface area contributed by atoms with Crippen molar-refractivity contribution < 1.29 is 14.3 Å². The minimum absolute atomic E-state index is 0.0514. The van der Waals surface area contributed by atoms with E-state index in [-0.39, 0.29) is 18.0 Å². The molecule has 0 aromatic carbocycles. The molecule has 0 saturated carbocycles. The van der Waals surface area contributed by atoms with Crippen molar-refractivity contribution in [3.63, 3.8) is 0 Å². The quantitative estimate of drug-likeness (QED) is 0.790. The van der Waals surface area contributed by atoms with E-state index in [0.717, 1.165) is 32.1 Å². The van der Waals surface area contributed by atoms with Crippen LogP contribution in [0.4, 0.5) is 4.79 Å². The summed E-state index contributed by atoms with van der Waals surface area (Å²) in [6.45, 7) is 8.92. The molecule has 5 nitrogen and oxygen atoms in total. The number of hydrogen-bond acceptors (Lipinski definition) is 3. The third kappa shape index (κ3) is 5.39. The molecule has 1 aliphatic heterocycles. The van der Waals surface area contributed by atoms with E-state index in [0.29, 0.717) is 13.1 Å². The highest BCUT2D eigenvalue weighted by Crippen LogP contribution is 2.20. The first-order chi connectivity index (χ1) is 9.35. The van der Waals surface area contributed by atoms with Crippen LogP contribution in [0.15, 0.2) is 0 Å². The summed E-state index contributed by atoms with van der Waals surface area (Å²) >= 11 is 0. The minimum Gasteiger partial charge on any atom is -0.444 e. The summed E-state index contributed by atoms with van der Waals surface area (Å²) in [5.74, 6) is -0.0514. The lowest BCUT2D eigenvalue weighted by Gasteiger charge is -2.28. The summed E-state index contributed by atoms with van der Waals surface area (Å²) in [6.07, 6.45) is 4.42. The Balaban J connectivity index is 2.47. The lowest BCUT2D eigenvalue weighted by Crippen LogP contribution is -2.47. The van der Waals surface area contributed by atoms with Gasteiger partial charge < -0.3 is 10.1 Å². The molecule has 1 saturated heterocycles. The van der Waals surface area contributed by atoms with Gasteiger partial charge in [-0.1, -0.05) is 19.8 Å². The lowest BCUT2D eigenvalue weighted by atomic mass is 10.2. The smallest absolute Gasteiger partial charge is 0.410 e. The number of carbonyl (C=O) groups excluding carboxylic acids is 2. The first-order valence-corrected chi connectivity index (χ1v) is 7.62. The number of likely N-dealkylation sites (tertiary alicyclic amines) is 1. The summed E-state index contributed by atoms with van der Waals surface area (Å²) in [5.41, 5.74) is -0.526. The highest BCUT2D eigenvalue weighted by molar-refractivity contribution is 5.86. The fourth-order valence-corrected chi connectivity index (χ4v) is 2.28. The third-order valence-electron chi connectivity index (χ3n) is 3.26. The number of carbonyl (C=O) groups is 2. The van der Waals surface area contributed by atoms with Crippen LogP contribution in [-0.4, -0.2) is 41.6 Å². The van der Waals surface area contributed by atoms with Gasteiger partial charge in [-0.2, -0.15) is 0 Å². The number of rotatable bonds is 5. The Bertz CT molecular complexity index is 337. The molecule has 116 valence electrons. The van der Waals surface area contributed by atoms with Gasteiger partial charge in [-0.25, -0.2) is 4.79 Å². The molecule has 1 rings (SSSR count). The van der Waals surface area contributed by atoms with E-state index in [1.165, 1.54) is 0 Å². The van der Waals surface area contributed by atoms with E-state index in [1.807, 2.05) is 20.8 Å². The van der Waals surface area contributed by atoms with Crippen molar-refractivity contribution in [3.8, 4) is 0 Å². The summed E-state index contributed by atoms with van der Waals surface area (Å²) < 4.78 is 5.35. The van der Waals surface area contributed by atoms with Gasteiger partial charge in [0.15, 0.2) is 0 Å². The van der Waals surface area contributed by atoms with Crippen LogP contribution >= 0.6 is 0 Å². The average Bonchev–Trinajstić information content (AvgIpc) is 2.81. The molecule has 1 heterocycles. The molecule has 0 spiro atoms. The van der Waals surface area contributed by atoms with Crippen molar-refractivity contribution >= 4 is 12.0 Å². The summed E-state index contributed by atoms with van der Waals surface area (Å²) in [4.78, 5) is 25.8. The molecular weight excluding hydrogens is 256 g/mol. The van der Waals surface area contributed by atoms with Gasteiger partial charge in [-0.05, 0) is 40.0 Å². The van der Waals surface area contributed by atoms with Crippen molar-refractivity contribution in [2.45, 2.75) is 71.4 Å². The number of nitrogens with one attached hydrogen (secondary N) is 1. The number of ether oxygens (including phenoxy) is 1. The van der Waals surface area contributed by atoms with Crippen molar-refractivity contribution in [1.82, 2.24) is 10.2 Å². The predicted octanol–water partition coefficient (Wildman–Crippen LogP) is 2.69. The SMILES string of the molecule is CCCCCNC(=O)C1CCCN1C(=O)OC(C)(C)C. The highest BCUT2D eigenvalue weighted by atomic mass is 16.6. The summed E-state index contributed by atoms with van der Waals surface area (Å²) in [6, 6.07) is -0.369. The molecule has 20 heavy (non-hydrogen) atoms. The van der Waals surface area contributed by atoms with E-state index >= 15 is 0 Å². The fourth-order valence-electron chi connectivity index (χ4n) is 2.28. The van der Waals surface area contributed by atoms with Gasteiger partial charge in [0.25, 0.3) is 0 Å². The van der Waals surface area contributed by atoms with Crippen LogP contribution in [0.2, 0.25) is 0 Å². The zero-order valence-corrected chi connectivity index (χ0v) is 13.2. The maximum atomic E-state index is 12.1. The molecule has 0 radical (unpaired) electrons. The summed E-state index contributed by atoms with van der Waals surface area (Å²) in [7, 11) is 0. The normalized spacial score (nSPS) is 19.0. The van der Waals surface area contributed by atoms with Crippen LogP contribution in [0.3, 0.4) is 0 Å². The number of amides is 2. The third-order valence-corrected chi connectivity index (χ3v) is 3.26. The van der Waals surface area contributed by atoms with E-state index in [2.05, 4.69) is 12.2 Å². The van der Waals surface area contributed by atoms with Crippen LogP contribution in [0.1, 0.15) is 59.8 Å². The monoisotopic (exact) mass is 284 g/mol. The minimum atomic E-state index is -0.526. The van der Waals surface area contributed by atoms with Gasteiger partial charge in [-0.3, -0.25) is 9.69 Å². The second kappa shape index (κ2) is 7.50. The first kappa shape index (κ1) is 16.8. The van der Waals surface area contributed by atoms with Crippen molar-refractivity contribution in [2.75, 3.05) is 13.1 Å². The Kier molecular flexibility index (Phi) is 6.30. The van der Waals surface area contributed by atoms with E-state index < -0.39 is 5.60 Å². The Morgan fingerprint density at radius 3 is 2.60 bits per heavy atom. The molecule has 0 aliphatic carbocycles. The number of unbranched alkanes of at least 4 members (excludes halogenated alkanes) is 2. The molecular formula is C15H28N2O3. The van der Waals surface area contributed by atoms with Crippen LogP contribution in [-0.2, 0) is 9.53 Å². The van der Waals surface area contributed by atoms with Crippen molar-refractivity contribution in [3.05, 3.63) is 0 Å². The second-order valence-electron chi connectivity index (χ2n) is 6.33. The van der Waals surface area contributed by atoms with Crippen LogP contribution in [0.5, 0.6) is 0 Å². The molecule has 0 aromatic heterocycles. The van der Waals surface area contributed by atoms with Gasteiger partial charge >= 0.3 is 6.09 Å². The zero-order chi connectivity index (χ0) is 15.2. The molecule has 2 amide bonds. The lowest BCUT2D eigenvalue weighted by molar-refractivity contribution is -0.125. The van der Waals surface area contributed by atoms with Gasteiger partial charge in [0.2, 0.25) is 5.91 Å². The molecule has 0 aromatic rings. The fraction of sp³-hybridized carbons (Fsp3) is 0.867. The van der Waals surface area contributed by atoms with E-state index in [1.54, 1.807) is 4.90 Å². The van der Waals surface area contributed by atoms with Crippen molar-refractivity contribution in [2.24, 2.45) is 0 Å². The Labute approximate surface area is 122 Å². The highest BCUT2D eigenvalue weighted by Gasteiger charge is 2.36. The Hall–Kier alpha value is -1.26. The molecule has 1 atom stereocenters. The van der Waals surface area contributed by atoms with E-state index in [9.17, 15) is 9.59 Å². The Morgan fingerprint density at radius 1 is 1.30 bits per heavy atom. The molecule has 1 N–H and O–H groups in total. The molecule has 1 aliphatic rings. The predicted molar refractivity (Wildman–Crippen MR) is 78.5 cm³/mol. The topological polar surface area (TPSA) is 58.6 Å². The Morgan fingerprint density at radius 2 is 2.00 bits per heavy atom. The van der Waals surface area contributed by atoms with Crippen molar-refractivity contribution in [1.29, 1.82) is 0 Å². The molecule has 0 bridgehead atoms. The van der Waals surface area contributed by atoms with Gasteiger partial charge in [0.1, 0.15) is 11.6 Å². The maximum absolute atomic E-state index is 12.1. The van der Waals surface area contributed by atoms with Gasteiger partial charge in [0.05, 0.1) is 0 Å². The standard InChI is InChI=1S/C15H28N2O3/c1-5-6-7-10-16-13(18)12-9-8-11-17(12)14(19)20-15(2,3)4/h12H,5-11H2,1-4H3,(H,16,18). The molecule has 1 fully saturated rings. The van der Waals surface area contributed by atoms with Gasteiger partial charge in [0, 0.05) is 13.1 Å². The number of nitrogens with zero attached hydrogens (tertiary/aromatic N) is 1. The summed E-state index contributed by atoms with van der Waals surface area (Å²) in [5, 5.41) is 2.92. The molecule has 5 heteroatoms. The zero-order valence-electron chi connectivity index (χ0n) is 13.2. The maximum Gasteiger partial charge on any atom is 0.410 e. The largest absolute Gasteiger partial charge is 0.444 e. The van der Waals surface area contributed by atoms with Crippen LogP contribution in [0, 0.1) is 0 Å². The second-order valence-corrected chi connectivity index (χ2v) is 6.33. The van der Waals surface area contributed by atoms with Gasteiger partial charge in [-0.15, -0.1) is 0 Å². The van der Waals surface area contributed by atoms with Crippen LogP contribution < -0.4 is 5.32 Å². The van der Waals surface area contributed by atoms with E-state index in [4.69, 9.17) is 4.74 Å².